The number of hydrogen-bond acceptors (Lipinski definition) is 3. The Balaban J connectivity index is 1.64. The molecule has 1 aliphatic heterocycles. The van der Waals surface area contributed by atoms with Crippen LogP contribution in [0.4, 0.5) is 0 Å². The Bertz CT molecular complexity index is 435. The highest BCUT2D eigenvalue weighted by molar-refractivity contribution is 5.28. The maximum absolute atomic E-state index is 6.04. The lowest BCUT2D eigenvalue weighted by atomic mass is 10.1. The third-order valence-corrected chi connectivity index (χ3v) is 4.86. The van der Waals surface area contributed by atoms with Gasteiger partial charge in [0.25, 0.3) is 0 Å². The molecule has 1 fully saturated rings. The summed E-state index contributed by atoms with van der Waals surface area (Å²) < 4.78 is 17.8. The van der Waals surface area contributed by atoms with Crippen molar-refractivity contribution >= 4 is 0 Å². The van der Waals surface area contributed by atoms with Gasteiger partial charge in [0.15, 0.2) is 0 Å². The van der Waals surface area contributed by atoms with Gasteiger partial charge >= 0.3 is 0 Å². The summed E-state index contributed by atoms with van der Waals surface area (Å²) in [5.74, 6) is 0.946. The van der Waals surface area contributed by atoms with Gasteiger partial charge in [0.05, 0.1) is 25.9 Å². The van der Waals surface area contributed by atoms with Crippen molar-refractivity contribution in [1.29, 1.82) is 0 Å². The summed E-state index contributed by atoms with van der Waals surface area (Å²) in [6, 6.07) is 8.30. The zero-order valence-corrected chi connectivity index (χ0v) is 16.2. The molecule has 1 heterocycles. The zero-order valence-electron chi connectivity index (χ0n) is 16.2. The maximum Gasteiger partial charge on any atom is 0.119 e. The van der Waals surface area contributed by atoms with Gasteiger partial charge in [-0.2, -0.15) is 0 Å². The lowest BCUT2D eigenvalue weighted by Gasteiger charge is -2.30. The summed E-state index contributed by atoms with van der Waals surface area (Å²) in [6.07, 6.45) is 11.6. The fourth-order valence-corrected chi connectivity index (χ4v) is 3.20. The smallest absolute Gasteiger partial charge is 0.119 e. The van der Waals surface area contributed by atoms with Crippen molar-refractivity contribution in [3.8, 4) is 5.75 Å². The fraction of sp³-hybridized carbons (Fsp3) is 0.727. The van der Waals surface area contributed by atoms with Crippen LogP contribution >= 0.6 is 0 Å². The topological polar surface area (TPSA) is 27.7 Å². The Hall–Kier alpha value is -1.06. The molecule has 0 N–H and O–H groups in total. The van der Waals surface area contributed by atoms with Gasteiger partial charge in [-0.3, -0.25) is 0 Å². The number of rotatable bonds is 12. The summed E-state index contributed by atoms with van der Waals surface area (Å²) in [5.41, 5.74) is 1.18. The van der Waals surface area contributed by atoms with E-state index in [0.29, 0.717) is 13.2 Å². The van der Waals surface area contributed by atoms with E-state index in [2.05, 4.69) is 26.0 Å². The van der Waals surface area contributed by atoms with Gasteiger partial charge in [-0.1, -0.05) is 70.9 Å². The molecule has 25 heavy (non-hydrogen) atoms. The van der Waals surface area contributed by atoms with Gasteiger partial charge in [-0.05, 0) is 30.5 Å². The van der Waals surface area contributed by atoms with Crippen LogP contribution in [0.25, 0.3) is 0 Å². The molecule has 0 spiro atoms. The van der Waals surface area contributed by atoms with Crippen LogP contribution in [0.5, 0.6) is 5.75 Å². The molecule has 1 aromatic carbocycles. The number of benzene rings is 1. The van der Waals surface area contributed by atoms with Crippen LogP contribution in [0.15, 0.2) is 24.3 Å². The third kappa shape index (κ3) is 7.79. The van der Waals surface area contributed by atoms with Crippen molar-refractivity contribution in [3.05, 3.63) is 29.8 Å². The Labute approximate surface area is 154 Å². The van der Waals surface area contributed by atoms with Crippen LogP contribution in [0, 0.1) is 0 Å². The van der Waals surface area contributed by atoms with Gasteiger partial charge in [-0.15, -0.1) is 0 Å². The molecule has 142 valence electrons. The zero-order chi connectivity index (χ0) is 17.7. The van der Waals surface area contributed by atoms with Crippen molar-refractivity contribution in [1.82, 2.24) is 0 Å². The second-order valence-corrected chi connectivity index (χ2v) is 7.10. The van der Waals surface area contributed by atoms with E-state index in [-0.39, 0.29) is 12.2 Å². The van der Waals surface area contributed by atoms with Gasteiger partial charge in [-0.25, -0.2) is 0 Å². The van der Waals surface area contributed by atoms with E-state index in [0.717, 1.165) is 25.2 Å². The Kier molecular flexibility index (Phi) is 9.98. The van der Waals surface area contributed by atoms with Gasteiger partial charge < -0.3 is 14.2 Å². The molecule has 2 atom stereocenters. The number of hydrogen-bond donors (Lipinski definition) is 0. The van der Waals surface area contributed by atoms with Crippen molar-refractivity contribution in [2.75, 3.05) is 19.8 Å². The number of ether oxygens (including phenoxy) is 3. The predicted molar refractivity (Wildman–Crippen MR) is 103 cm³/mol. The van der Waals surface area contributed by atoms with E-state index < -0.39 is 0 Å². The van der Waals surface area contributed by atoms with E-state index in [1.165, 1.54) is 50.5 Å². The summed E-state index contributed by atoms with van der Waals surface area (Å²) >= 11 is 0. The average molecular weight is 349 g/mol. The van der Waals surface area contributed by atoms with Crippen molar-refractivity contribution in [2.45, 2.75) is 83.8 Å². The van der Waals surface area contributed by atoms with Crippen LogP contribution < -0.4 is 4.74 Å². The normalized spacial score (nSPS) is 20.6. The first kappa shape index (κ1) is 20.3. The first-order valence-corrected chi connectivity index (χ1v) is 10.3. The molecule has 0 aromatic heterocycles. The highest BCUT2D eigenvalue weighted by Crippen LogP contribution is 2.26. The monoisotopic (exact) mass is 348 g/mol. The summed E-state index contributed by atoms with van der Waals surface area (Å²) in [5, 5.41) is 0. The summed E-state index contributed by atoms with van der Waals surface area (Å²) in [4.78, 5) is 0. The molecule has 0 radical (unpaired) electrons. The van der Waals surface area contributed by atoms with Crippen LogP contribution in [0.3, 0.4) is 0 Å². The molecule has 1 aliphatic rings. The highest BCUT2D eigenvalue weighted by Gasteiger charge is 2.23. The molecular weight excluding hydrogens is 312 g/mol. The minimum Gasteiger partial charge on any atom is -0.494 e. The lowest BCUT2D eigenvalue weighted by Crippen LogP contribution is -2.31. The molecule has 0 amide bonds. The Morgan fingerprint density at radius 2 is 1.56 bits per heavy atom. The van der Waals surface area contributed by atoms with Crippen LogP contribution in [-0.2, 0) is 9.47 Å². The average Bonchev–Trinajstić information content (AvgIpc) is 2.66. The van der Waals surface area contributed by atoms with Crippen LogP contribution in [0.2, 0.25) is 0 Å². The van der Waals surface area contributed by atoms with E-state index in [1.807, 2.05) is 12.1 Å². The van der Waals surface area contributed by atoms with Crippen LogP contribution in [-0.4, -0.2) is 25.9 Å². The van der Waals surface area contributed by atoms with E-state index in [1.54, 1.807) is 0 Å². The Morgan fingerprint density at radius 1 is 0.840 bits per heavy atom. The second kappa shape index (κ2) is 12.3. The van der Waals surface area contributed by atoms with E-state index in [9.17, 15) is 0 Å². The largest absolute Gasteiger partial charge is 0.494 e. The van der Waals surface area contributed by atoms with Gasteiger partial charge in [0.2, 0.25) is 0 Å². The third-order valence-electron chi connectivity index (χ3n) is 4.86. The highest BCUT2D eigenvalue weighted by atomic mass is 16.6. The minimum atomic E-state index is 0.0606. The lowest BCUT2D eigenvalue weighted by molar-refractivity contribution is -0.137. The Morgan fingerprint density at radius 3 is 2.24 bits per heavy atom. The fourth-order valence-electron chi connectivity index (χ4n) is 3.20. The predicted octanol–water partition coefficient (Wildman–Crippen LogP) is 6.07. The maximum atomic E-state index is 6.04. The molecule has 0 bridgehead atoms. The molecular formula is C22H36O3. The first-order chi connectivity index (χ1) is 12.3. The molecule has 1 aromatic rings. The molecule has 0 unspecified atom stereocenters. The first-order valence-electron chi connectivity index (χ1n) is 10.3. The van der Waals surface area contributed by atoms with Crippen molar-refractivity contribution < 1.29 is 14.2 Å². The molecule has 2 rings (SSSR count). The van der Waals surface area contributed by atoms with Crippen LogP contribution in [0.1, 0.15) is 83.3 Å². The standard InChI is InChI=1S/C22H36O3/c1-3-5-7-8-9-11-21-17-25-22(18-24-21)19-12-14-20(15-13-19)23-16-10-6-4-2/h12-15,21-22H,3-11,16-18H2,1-2H3/t21-,22-/m0/s1. The summed E-state index contributed by atoms with van der Waals surface area (Å²) in [6.45, 7) is 6.64. The quantitative estimate of drug-likeness (QED) is 0.429. The molecule has 1 saturated heterocycles. The molecule has 0 saturated carbocycles. The molecule has 3 nitrogen and oxygen atoms in total. The minimum absolute atomic E-state index is 0.0606. The number of unbranched alkanes of at least 4 members (excludes halogenated alkanes) is 6. The van der Waals surface area contributed by atoms with Crippen molar-refractivity contribution in [3.63, 3.8) is 0 Å². The molecule has 3 heteroatoms. The second-order valence-electron chi connectivity index (χ2n) is 7.10. The van der Waals surface area contributed by atoms with E-state index >= 15 is 0 Å². The van der Waals surface area contributed by atoms with Gasteiger partial charge in [0.1, 0.15) is 11.9 Å². The van der Waals surface area contributed by atoms with E-state index in [4.69, 9.17) is 14.2 Å². The molecule has 0 aliphatic carbocycles. The van der Waals surface area contributed by atoms with Gasteiger partial charge in [0, 0.05) is 0 Å². The summed E-state index contributed by atoms with van der Waals surface area (Å²) in [7, 11) is 0. The van der Waals surface area contributed by atoms with Crippen molar-refractivity contribution in [2.24, 2.45) is 0 Å². The SMILES string of the molecule is CCCCCCC[C@H]1CO[C@H](c2ccc(OCCCCC)cc2)CO1.